The van der Waals surface area contributed by atoms with Crippen molar-refractivity contribution in [3.8, 4) is 5.75 Å². The van der Waals surface area contributed by atoms with Gasteiger partial charge in [0.1, 0.15) is 12.4 Å². The summed E-state index contributed by atoms with van der Waals surface area (Å²) in [5.74, 6) is 0.551. The van der Waals surface area contributed by atoms with Gasteiger partial charge in [-0.05, 0) is 38.5 Å². The summed E-state index contributed by atoms with van der Waals surface area (Å²) >= 11 is 6.09. The normalized spacial score (nSPS) is 12.7. The van der Waals surface area contributed by atoms with E-state index in [-0.39, 0.29) is 6.61 Å². The van der Waals surface area contributed by atoms with Crippen molar-refractivity contribution in [2.24, 2.45) is 0 Å². The maximum Gasteiger partial charge on any atom is 0.191 e. The molecule has 0 aromatic heterocycles. The quantitative estimate of drug-likeness (QED) is 0.747. The van der Waals surface area contributed by atoms with Gasteiger partial charge >= 0.3 is 0 Å². The van der Waals surface area contributed by atoms with E-state index in [9.17, 15) is 5.11 Å². The van der Waals surface area contributed by atoms with Gasteiger partial charge in [0.25, 0.3) is 0 Å². The lowest BCUT2D eigenvalue weighted by molar-refractivity contribution is -0.152. The molecule has 0 spiro atoms. The first-order valence-corrected chi connectivity index (χ1v) is 6.79. The highest BCUT2D eigenvalue weighted by Gasteiger charge is 2.11. The van der Waals surface area contributed by atoms with E-state index in [2.05, 4.69) is 0 Å². The lowest BCUT2D eigenvalue weighted by Crippen LogP contribution is -2.25. The van der Waals surface area contributed by atoms with Crippen LogP contribution in [-0.4, -0.2) is 31.2 Å². The molecule has 0 fully saturated rings. The number of hydrogen-bond acceptors (Lipinski definition) is 4. The number of aliphatic hydroxyl groups excluding tert-OH is 1. The molecule has 1 rings (SSSR count). The number of benzene rings is 1. The van der Waals surface area contributed by atoms with E-state index in [0.29, 0.717) is 24.0 Å². The van der Waals surface area contributed by atoms with E-state index in [1.807, 2.05) is 13.8 Å². The highest BCUT2D eigenvalue weighted by molar-refractivity contribution is 6.32. The van der Waals surface area contributed by atoms with E-state index in [0.717, 1.165) is 5.56 Å². The van der Waals surface area contributed by atoms with Crippen molar-refractivity contribution in [3.05, 3.63) is 28.8 Å². The first-order chi connectivity index (χ1) is 9.08. The van der Waals surface area contributed by atoms with Gasteiger partial charge in [0.05, 0.1) is 11.1 Å². The van der Waals surface area contributed by atoms with Gasteiger partial charge in [-0.15, -0.1) is 0 Å². The Kier molecular flexibility index (Phi) is 7.16. The Morgan fingerprint density at radius 2 is 1.84 bits per heavy atom. The summed E-state index contributed by atoms with van der Waals surface area (Å²) in [6.45, 7) is 6.88. The summed E-state index contributed by atoms with van der Waals surface area (Å²) in [5.41, 5.74) is 0.753. The predicted octanol–water partition coefficient (Wildman–Crippen LogP) is 3.17. The molecule has 0 bridgehead atoms. The van der Waals surface area contributed by atoms with Crippen LogP contribution in [0.15, 0.2) is 18.2 Å². The van der Waals surface area contributed by atoms with Gasteiger partial charge < -0.3 is 19.3 Å². The lowest BCUT2D eigenvalue weighted by Gasteiger charge is -2.18. The van der Waals surface area contributed by atoms with Crippen molar-refractivity contribution in [1.82, 2.24) is 0 Å². The minimum absolute atomic E-state index is 0.273. The van der Waals surface area contributed by atoms with Crippen LogP contribution in [0.3, 0.4) is 0 Å². The fourth-order valence-electron chi connectivity index (χ4n) is 1.57. The topological polar surface area (TPSA) is 47.9 Å². The van der Waals surface area contributed by atoms with Gasteiger partial charge in [-0.2, -0.15) is 0 Å². The van der Waals surface area contributed by atoms with Crippen molar-refractivity contribution in [1.29, 1.82) is 0 Å². The van der Waals surface area contributed by atoms with Crippen LogP contribution in [0.1, 0.15) is 32.4 Å². The number of halogens is 1. The molecule has 0 radical (unpaired) electrons. The van der Waals surface area contributed by atoms with E-state index < -0.39 is 12.4 Å². The molecule has 1 aromatic carbocycles. The van der Waals surface area contributed by atoms with Crippen LogP contribution in [0.25, 0.3) is 0 Å². The van der Waals surface area contributed by atoms with E-state index in [4.69, 9.17) is 25.8 Å². The Morgan fingerprint density at radius 3 is 2.32 bits per heavy atom. The van der Waals surface area contributed by atoms with Crippen LogP contribution < -0.4 is 4.74 Å². The third kappa shape index (κ3) is 5.37. The molecule has 0 amide bonds. The zero-order valence-electron chi connectivity index (χ0n) is 11.6. The molecule has 108 valence electrons. The summed E-state index contributed by atoms with van der Waals surface area (Å²) in [6.07, 6.45) is -0.950. The van der Waals surface area contributed by atoms with Gasteiger partial charge in [-0.1, -0.05) is 17.7 Å². The Balaban J connectivity index is 2.61. The smallest absolute Gasteiger partial charge is 0.191 e. The Bertz CT molecular complexity index is 376. The summed E-state index contributed by atoms with van der Waals surface area (Å²) in [4.78, 5) is 0. The van der Waals surface area contributed by atoms with Gasteiger partial charge in [0, 0.05) is 13.2 Å². The fraction of sp³-hybridized carbons (Fsp3) is 0.571. The third-order valence-electron chi connectivity index (χ3n) is 2.52. The first kappa shape index (κ1) is 16.2. The third-order valence-corrected chi connectivity index (χ3v) is 2.81. The molecular weight excluding hydrogens is 268 g/mol. The molecule has 1 unspecified atom stereocenters. The molecule has 0 aliphatic heterocycles. The molecule has 0 saturated heterocycles. The highest BCUT2D eigenvalue weighted by Crippen LogP contribution is 2.28. The summed E-state index contributed by atoms with van der Waals surface area (Å²) < 4.78 is 16.3. The SMILES string of the molecule is CCOC(COc1ccc(C(C)O)cc1Cl)OCC. The first-order valence-electron chi connectivity index (χ1n) is 6.42. The molecule has 4 nitrogen and oxygen atoms in total. The molecule has 5 heteroatoms. The molecule has 1 atom stereocenters. The van der Waals surface area contributed by atoms with Gasteiger partial charge in [0.2, 0.25) is 0 Å². The number of aliphatic hydroxyl groups is 1. The molecule has 19 heavy (non-hydrogen) atoms. The zero-order valence-corrected chi connectivity index (χ0v) is 12.3. The van der Waals surface area contributed by atoms with Crippen LogP contribution >= 0.6 is 11.6 Å². The fourth-order valence-corrected chi connectivity index (χ4v) is 1.81. The highest BCUT2D eigenvalue weighted by atomic mass is 35.5. The average molecular weight is 289 g/mol. The predicted molar refractivity (Wildman–Crippen MR) is 74.6 cm³/mol. The molecule has 0 aliphatic rings. The van der Waals surface area contributed by atoms with Crippen LogP contribution in [0.2, 0.25) is 5.02 Å². The Labute approximate surface area is 119 Å². The minimum atomic E-state index is -0.550. The van der Waals surface area contributed by atoms with E-state index in [1.165, 1.54) is 0 Å². The Hall–Kier alpha value is -0.810. The standard InChI is InChI=1S/C14H21ClO4/c1-4-17-14(18-5-2)9-19-13-7-6-11(10(3)16)8-12(13)15/h6-8,10,14,16H,4-5,9H2,1-3H3. The molecule has 0 heterocycles. The summed E-state index contributed by atoms with van der Waals surface area (Å²) in [5, 5.41) is 9.92. The summed E-state index contributed by atoms with van der Waals surface area (Å²) in [7, 11) is 0. The van der Waals surface area contributed by atoms with Crippen molar-refractivity contribution in [3.63, 3.8) is 0 Å². The van der Waals surface area contributed by atoms with E-state index >= 15 is 0 Å². The van der Waals surface area contributed by atoms with Crippen LogP contribution in [-0.2, 0) is 9.47 Å². The zero-order chi connectivity index (χ0) is 14.3. The van der Waals surface area contributed by atoms with Crippen molar-refractivity contribution < 1.29 is 19.3 Å². The van der Waals surface area contributed by atoms with Crippen LogP contribution in [0, 0.1) is 0 Å². The Morgan fingerprint density at radius 1 is 1.21 bits per heavy atom. The van der Waals surface area contributed by atoms with Crippen molar-refractivity contribution in [2.45, 2.75) is 33.2 Å². The van der Waals surface area contributed by atoms with Gasteiger partial charge in [-0.25, -0.2) is 0 Å². The number of hydrogen-bond donors (Lipinski definition) is 1. The molecule has 1 aromatic rings. The van der Waals surface area contributed by atoms with Crippen molar-refractivity contribution in [2.75, 3.05) is 19.8 Å². The maximum atomic E-state index is 9.46. The maximum absolute atomic E-state index is 9.46. The van der Waals surface area contributed by atoms with Gasteiger partial charge in [0.15, 0.2) is 6.29 Å². The molecular formula is C14H21ClO4. The second kappa shape index (κ2) is 8.38. The molecule has 1 N–H and O–H groups in total. The van der Waals surface area contributed by atoms with E-state index in [1.54, 1.807) is 25.1 Å². The number of ether oxygens (including phenoxy) is 3. The van der Waals surface area contributed by atoms with Crippen LogP contribution in [0.4, 0.5) is 0 Å². The summed E-state index contributed by atoms with van der Waals surface area (Å²) in [6, 6.07) is 5.21. The lowest BCUT2D eigenvalue weighted by atomic mass is 10.1. The second-order valence-corrected chi connectivity index (χ2v) is 4.42. The number of rotatable bonds is 8. The molecule has 0 saturated carbocycles. The average Bonchev–Trinajstić information content (AvgIpc) is 2.37. The molecule has 0 aliphatic carbocycles. The second-order valence-electron chi connectivity index (χ2n) is 4.02. The van der Waals surface area contributed by atoms with Crippen molar-refractivity contribution >= 4 is 11.6 Å². The van der Waals surface area contributed by atoms with Crippen LogP contribution in [0.5, 0.6) is 5.75 Å². The largest absolute Gasteiger partial charge is 0.487 e. The minimum Gasteiger partial charge on any atom is -0.487 e. The van der Waals surface area contributed by atoms with Gasteiger partial charge in [-0.3, -0.25) is 0 Å². The monoisotopic (exact) mass is 288 g/mol.